The van der Waals surface area contributed by atoms with Crippen molar-refractivity contribution in [3.8, 4) is 0 Å². The molecule has 5 nitrogen and oxygen atoms in total. The van der Waals surface area contributed by atoms with Gasteiger partial charge in [-0.1, -0.05) is 24.3 Å². The van der Waals surface area contributed by atoms with E-state index in [-0.39, 0.29) is 17.6 Å². The van der Waals surface area contributed by atoms with E-state index < -0.39 is 10.0 Å². The minimum atomic E-state index is -3.08. The second kappa shape index (κ2) is 6.38. The van der Waals surface area contributed by atoms with Crippen molar-refractivity contribution in [2.75, 3.05) is 25.4 Å². The summed E-state index contributed by atoms with van der Waals surface area (Å²) >= 11 is 0. The fourth-order valence-electron chi connectivity index (χ4n) is 3.40. The third-order valence-electron chi connectivity index (χ3n) is 4.55. The van der Waals surface area contributed by atoms with E-state index in [1.165, 1.54) is 9.87 Å². The van der Waals surface area contributed by atoms with E-state index >= 15 is 0 Å². The molecule has 1 fully saturated rings. The van der Waals surface area contributed by atoms with Gasteiger partial charge in [0.15, 0.2) is 0 Å². The molecule has 22 heavy (non-hydrogen) atoms. The Hall–Kier alpha value is -1.40. The Morgan fingerprint density at radius 1 is 1.27 bits per heavy atom. The summed E-state index contributed by atoms with van der Waals surface area (Å²) < 4.78 is 24.9. The summed E-state index contributed by atoms with van der Waals surface area (Å²) in [5, 5.41) is 2.91. The highest BCUT2D eigenvalue weighted by Gasteiger charge is 2.29. The molecule has 1 N–H and O–H groups in total. The first-order valence-electron chi connectivity index (χ1n) is 7.91. The molecule has 1 amide bonds. The van der Waals surface area contributed by atoms with Crippen molar-refractivity contribution in [2.24, 2.45) is 0 Å². The van der Waals surface area contributed by atoms with Crippen LogP contribution >= 0.6 is 0 Å². The number of carbonyl (C=O) groups is 1. The Bertz CT molecular complexity index is 657. The van der Waals surface area contributed by atoms with Crippen molar-refractivity contribution in [1.29, 1.82) is 0 Å². The molecule has 0 radical (unpaired) electrons. The fourth-order valence-corrected chi connectivity index (χ4v) is 4.92. The van der Waals surface area contributed by atoms with Crippen LogP contribution in [0.15, 0.2) is 24.3 Å². The van der Waals surface area contributed by atoms with Crippen LogP contribution in [0.2, 0.25) is 0 Å². The molecule has 3 rings (SSSR count). The van der Waals surface area contributed by atoms with Gasteiger partial charge < -0.3 is 5.32 Å². The van der Waals surface area contributed by atoms with Crippen LogP contribution in [-0.2, 0) is 21.2 Å². The molecule has 1 aliphatic heterocycles. The van der Waals surface area contributed by atoms with Gasteiger partial charge >= 0.3 is 0 Å². The smallest absolute Gasteiger partial charge is 0.227 e. The Morgan fingerprint density at radius 3 is 2.86 bits per heavy atom. The molecule has 2 aliphatic rings. The third-order valence-corrected chi connectivity index (χ3v) is 6.51. The molecule has 1 aromatic carbocycles. The number of aryl methyl sites for hydroxylation is 1. The van der Waals surface area contributed by atoms with E-state index in [9.17, 15) is 13.2 Å². The van der Waals surface area contributed by atoms with E-state index in [1.807, 2.05) is 18.2 Å². The standard InChI is InChI=1S/C16H22N2O3S/c19-16(17-9-11-18-10-4-12-22(18,20)21)15-8-3-6-13-5-1-2-7-14(13)15/h1-2,5,7,15H,3-4,6,8-12H2,(H,17,19)/t15-/m0/s1. The van der Waals surface area contributed by atoms with Crippen LogP contribution in [0.4, 0.5) is 0 Å². The zero-order chi connectivity index (χ0) is 15.6. The molecule has 0 spiro atoms. The zero-order valence-electron chi connectivity index (χ0n) is 12.6. The number of hydrogen-bond donors (Lipinski definition) is 1. The highest BCUT2D eigenvalue weighted by atomic mass is 32.2. The van der Waals surface area contributed by atoms with Crippen LogP contribution in [0, 0.1) is 0 Å². The Balaban J connectivity index is 1.57. The minimum absolute atomic E-state index is 0.0174. The van der Waals surface area contributed by atoms with Crippen LogP contribution in [0.5, 0.6) is 0 Å². The molecule has 1 atom stereocenters. The van der Waals surface area contributed by atoms with Crippen molar-refractivity contribution in [3.05, 3.63) is 35.4 Å². The molecule has 1 aliphatic carbocycles. The third kappa shape index (κ3) is 3.17. The second-order valence-electron chi connectivity index (χ2n) is 6.00. The van der Waals surface area contributed by atoms with Crippen LogP contribution in [0.1, 0.15) is 36.3 Å². The number of sulfonamides is 1. The van der Waals surface area contributed by atoms with Crippen molar-refractivity contribution >= 4 is 15.9 Å². The molecule has 1 aromatic rings. The lowest BCUT2D eigenvalue weighted by Crippen LogP contribution is -2.38. The number of fused-ring (bicyclic) bond motifs is 1. The van der Waals surface area contributed by atoms with E-state index in [4.69, 9.17) is 0 Å². The van der Waals surface area contributed by atoms with Crippen molar-refractivity contribution in [3.63, 3.8) is 0 Å². The van der Waals surface area contributed by atoms with E-state index in [1.54, 1.807) is 0 Å². The van der Waals surface area contributed by atoms with Gasteiger partial charge in [0.25, 0.3) is 0 Å². The molecular weight excluding hydrogens is 300 g/mol. The summed E-state index contributed by atoms with van der Waals surface area (Å²) in [7, 11) is -3.08. The highest BCUT2D eigenvalue weighted by Crippen LogP contribution is 2.31. The van der Waals surface area contributed by atoms with Crippen LogP contribution < -0.4 is 5.32 Å². The first-order valence-corrected chi connectivity index (χ1v) is 9.52. The molecule has 0 aromatic heterocycles. The van der Waals surface area contributed by atoms with Crippen molar-refractivity contribution < 1.29 is 13.2 Å². The number of carbonyl (C=O) groups excluding carboxylic acids is 1. The first kappa shape index (κ1) is 15.5. The van der Waals surface area contributed by atoms with Crippen LogP contribution in [0.3, 0.4) is 0 Å². The van der Waals surface area contributed by atoms with Gasteiger partial charge in [-0.3, -0.25) is 4.79 Å². The molecule has 1 saturated heterocycles. The van der Waals surface area contributed by atoms with E-state index in [0.29, 0.717) is 26.1 Å². The predicted octanol–water partition coefficient (Wildman–Crippen LogP) is 1.26. The van der Waals surface area contributed by atoms with Gasteiger partial charge in [-0.05, 0) is 36.8 Å². The molecule has 0 unspecified atom stereocenters. The van der Waals surface area contributed by atoms with Crippen LogP contribution in [0.25, 0.3) is 0 Å². The van der Waals surface area contributed by atoms with Gasteiger partial charge in [-0.25, -0.2) is 12.7 Å². The lowest BCUT2D eigenvalue weighted by atomic mass is 9.82. The topological polar surface area (TPSA) is 66.5 Å². The Kier molecular flexibility index (Phi) is 4.49. The number of benzene rings is 1. The highest BCUT2D eigenvalue weighted by molar-refractivity contribution is 7.89. The average molecular weight is 322 g/mol. The molecule has 0 bridgehead atoms. The first-order chi connectivity index (χ1) is 10.6. The Morgan fingerprint density at radius 2 is 2.09 bits per heavy atom. The summed E-state index contributed by atoms with van der Waals surface area (Å²) in [5.41, 5.74) is 2.39. The fraction of sp³-hybridized carbons (Fsp3) is 0.562. The number of nitrogens with one attached hydrogen (secondary N) is 1. The summed E-state index contributed by atoms with van der Waals surface area (Å²) in [4.78, 5) is 12.4. The van der Waals surface area contributed by atoms with Gasteiger partial charge in [-0.2, -0.15) is 0 Å². The summed E-state index contributed by atoms with van der Waals surface area (Å²) in [6.45, 7) is 1.34. The molecule has 1 heterocycles. The molecule has 6 heteroatoms. The predicted molar refractivity (Wildman–Crippen MR) is 85.1 cm³/mol. The normalized spacial score (nSPS) is 23.9. The largest absolute Gasteiger partial charge is 0.354 e. The van der Waals surface area contributed by atoms with Gasteiger partial charge in [0.1, 0.15) is 0 Å². The quantitative estimate of drug-likeness (QED) is 0.907. The maximum Gasteiger partial charge on any atom is 0.227 e. The zero-order valence-corrected chi connectivity index (χ0v) is 13.4. The summed E-state index contributed by atoms with van der Waals surface area (Å²) in [6, 6.07) is 8.10. The maximum absolute atomic E-state index is 12.4. The van der Waals surface area contributed by atoms with Gasteiger partial charge in [-0.15, -0.1) is 0 Å². The lowest BCUT2D eigenvalue weighted by molar-refractivity contribution is -0.122. The van der Waals surface area contributed by atoms with E-state index in [0.717, 1.165) is 24.8 Å². The SMILES string of the molecule is O=C(NCCN1CCCS1(=O)=O)[C@H]1CCCc2ccccc21. The number of rotatable bonds is 4. The van der Waals surface area contributed by atoms with Gasteiger partial charge in [0.2, 0.25) is 15.9 Å². The number of hydrogen-bond acceptors (Lipinski definition) is 3. The monoisotopic (exact) mass is 322 g/mol. The summed E-state index contributed by atoms with van der Waals surface area (Å²) in [6.07, 6.45) is 3.61. The van der Waals surface area contributed by atoms with Crippen LogP contribution in [-0.4, -0.2) is 44.0 Å². The van der Waals surface area contributed by atoms with E-state index in [2.05, 4.69) is 11.4 Å². The molecular formula is C16H22N2O3S. The van der Waals surface area contributed by atoms with Crippen molar-refractivity contribution in [1.82, 2.24) is 9.62 Å². The molecule has 0 saturated carbocycles. The second-order valence-corrected chi connectivity index (χ2v) is 8.09. The Labute approximate surface area is 131 Å². The molecule has 120 valence electrons. The lowest BCUT2D eigenvalue weighted by Gasteiger charge is -2.25. The van der Waals surface area contributed by atoms with Gasteiger partial charge in [0, 0.05) is 19.6 Å². The average Bonchev–Trinajstić information content (AvgIpc) is 2.85. The number of nitrogens with zero attached hydrogens (tertiary/aromatic N) is 1. The minimum Gasteiger partial charge on any atom is -0.354 e. The summed E-state index contributed by atoms with van der Waals surface area (Å²) in [5.74, 6) is 0.153. The van der Waals surface area contributed by atoms with Gasteiger partial charge in [0.05, 0.1) is 11.7 Å². The van der Waals surface area contributed by atoms with Crippen molar-refractivity contribution in [2.45, 2.75) is 31.6 Å². The number of amides is 1. The maximum atomic E-state index is 12.4.